The normalized spacial score (nSPS) is 12.3. The number of halogens is 3. The van der Waals surface area contributed by atoms with E-state index in [1.54, 1.807) is 26.0 Å². The summed E-state index contributed by atoms with van der Waals surface area (Å²) in [5, 5.41) is 0. The summed E-state index contributed by atoms with van der Waals surface area (Å²) in [6.45, 7) is 5.31. The molecule has 0 atom stereocenters. The Labute approximate surface area is 179 Å². The maximum absolute atomic E-state index is 12.8. The molecule has 0 aliphatic carbocycles. The minimum atomic E-state index is -4.43. The van der Waals surface area contributed by atoms with Gasteiger partial charge < -0.3 is 4.18 Å². The van der Waals surface area contributed by atoms with E-state index in [1.807, 2.05) is 6.92 Å². The Hall–Kier alpha value is -3.13. The van der Waals surface area contributed by atoms with Crippen molar-refractivity contribution in [1.29, 1.82) is 0 Å². The van der Waals surface area contributed by atoms with Crippen LogP contribution in [0.5, 0.6) is 5.75 Å². The highest BCUT2D eigenvalue weighted by molar-refractivity contribution is 7.87. The van der Waals surface area contributed by atoms with Gasteiger partial charge in [-0.15, -0.1) is 0 Å². The molecule has 0 spiro atoms. The summed E-state index contributed by atoms with van der Waals surface area (Å²) in [7, 11) is -4.02. The summed E-state index contributed by atoms with van der Waals surface area (Å²) in [5.74, 6) is 0.109. The van der Waals surface area contributed by atoms with Gasteiger partial charge in [-0.05, 0) is 73.9 Å². The number of alkyl halides is 3. The number of nitrogens with zero attached hydrogens (tertiary/aromatic N) is 1. The summed E-state index contributed by atoms with van der Waals surface area (Å²) in [6, 6.07) is 14.3. The largest absolute Gasteiger partial charge is 0.416 e. The molecule has 0 amide bonds. The van der Waals surface area contributed by atoms with Crippen LogP contribution in [-0.2, 0) is 16.3 Å². The molecule has 0 bridgehead atoms. The van der Waals surface area contributed by atoms with Gasteiger partial charge in [-0.3, -0.25) is 4.99 Å². The van der Waals surface area contributed by atoms with Crippen LogP contribution in [0.1, 0.15) is 27.8 Å². The predicted molar refractivity (Wildman–Crippen MR) is 114 cm³/mol. The van der Waals surface area contributed by atoms with Crippen molar-refractivity contribution < 1.29 is 25.8 Å². The molecule has 0 N–H and O–H groups in total. The zero-order valence-electron chi connectivity index (χ0n) is 17.1. The van der Waals surface area contributed by atoms with E-state index in [0.29, 0.717) is 22.4 Å². The lowest BCUT2D eigenvalue weighted by Crippen LogP contribution is -2.13. The van der Waals surface area contributed by atoms with Crippen molar-refractivity contribution in [2.75, 3.05) is 0 Å². The molecule has 0 aliphatic heterocycles. The van der Waals surface area contributed by atoms with Gasteiger partial charge in [0.2, 0.25) is 0 Å². The molecule has 8 heteroatoms. The molecule has 4 nitrogen and oxygen atoms in total. The Morgan fingerprint density at radius 3 is 2.10 bits per heavy atom. The third-order valence-electron chi connectivity index (χ3n) is 4.47. The highest BCUT2D eigenvalue weighted by atomic mass is 32.2. The molecule has 0 unspecified atom stereocenters. The fourth-order valence-electron chi connectivity index (χ4n) is 3.26. The Morgan fingerprint density at radius 1 is 0.903 bits per heavy atom. The van der Waals surface area contributed by atoms with Crippen LogP contribution in [0.15, 0.2) is 70.6 Å². The van der Waals surface area contributed by atoms with Crippen molar-refractivity contribution in [2.24, 2.45) is 4.99 Å². The Bertz CT molecular complexity index is 1210. The van der Waals surface area contributed by atoms with Crippen molar-refractivity contribution in [3.63, 3.8) is 0 Å². The molecule has 3 rings (SSSR count). The van der Waals surface area contributed by atoms with Gasteiger partial charge in [0.1, 0.15) is 10.6 Å². The summed E-state index contributed by atoms with van der Waals surface area (Å²) in [4.78, 5) is 4.27. The monoisotopic (exact) mass is 447 g/mol. The van der Waals surface area contributed by atoms with E-state index in [2.05, 4.69) is 4.99 Å². The maximum atomic E-state index is 12.8. The summed E-state index contributed by atoms with van der Waals surface area (Å²) >= 11 is 0. The van der Waals surface area contributed by atoms with Gasteiger partial charge in [0.05, 0.1) is 11.3 Å². The smallest absolute Gasteiger partial charge is 0.379 e. The number of aryl methyl sites for hydroxylation is 3. The van der Waals surface area contributed by atoms with Crippen molar-refractivity contribution in [3.05, 3.63) is 88.5 Å². The lowest BCUT2D eigenvalue weighted by molar-refractivity contribution is -0.137. The highest BCUT2D eigenvalue weighted by Gasteiger charge is 2.30. The molecule has 3 aromatic rings. The molecule has 0 radical (unpaired) electrons. The molecule has 0 aliphatic rings. The number of rotatable bonds is 5. The standard InChI is InChI=1S/C23H20F3NO3S/c1-15-11-16(2)22(17(3)12-15)31(28,29)30-21-9-7-20(8-10-21)27-14-18-5-4-6-19(13-18)23(24,25)26/h4-14H,1-3H3/b27-14+. The van der Waals surface area contributed by atoms with Crippen LogP contribution < -0.4 is 4.18 Å². The minimum absolute atomic E-state index is 0.109. The molecule has 0 aromatic heterocycles. The minimum Gasteiger partial charge on any atom is -0.379 e. The third kappa shape index (κ3) is 5.52. The quantitative estimate of drug-likeness (QED) is 0.348. The van der Waals surface area contributed by atoms with Crippen LogP contribution >= 0.6 is 0 Å². The van der Waals surface area contributed by atoms with Gasteiger partial charge in [-0.1, -0.05) is 29.8 Å². The van der Waals surface area contributed by atoms with E-state index in [1.165, 1.54) is 42.6 Å². The van der Waals surface area contributed by atoms with Crippen LogP contribution in [0, 0.1) is 20.8 Å². The number of aliphatic imine (C=N–C) groups is 1. The van der Waals surface area contributed by atoms with Crippen molar-refractivity contribution in [3.8, 4) is 5.75 Å². The molecule has 0 saturated heterocycles. The molecule has 0 saturated carbocycles. The summed E-state index contributed by atoms with van der Waals surface area (Å²) < 4.78 is 69.1. The van der Waals surface area contributed by atoms with Gasteiger partial charge in [-0.25, -0.2) is 0 Å². The first kappa shape index (κ1) is 22.6. The molecule has 3 aromatic carbocycles. The Balaban J connectivity index is 1.77. The molecular formula is C23H20F3NO3S. The number of benzene rings is 3. The van der Waals surface area contributed by atoms with Gasteiger partial charge in [-0.2, -0.15) is 21.6 Å². The van der Waals surface area contributed by atoms with E-state index >= 15 is 0 Å². The molecule has 162 valence electrons. The summed E-state index contributed by atoms with van der Waals surface area (Å²) in [6.07, 6.45) is -3.12. The SMILES string of the molecule is Cc1cc(C)c(S(=O)(=O)Oc2ccc(/N=C/c3cccc(C(F)(F)F)c3)cc2)c(C)c1. The van der Waals surface area contributed by atoms with Gasteiger partial charge in [0.25, 0.3) is 0 Å². The molecular weight excluding hydrogens is 427 g/mol. The van der Waals surface area contributed by atoms with Crippen molar-refractivity contribution in [1.82, 2.24) is 0 Å². The van der Waals surface area contributed by atoms with Crippen LogP contribution in [-0.4, -0.2) is 14.6 Å². The predicted octanol–water partition coefficient (Wildman–Crippen LogP) is 6.15. The average molecular weight is 447 g/mol. The highest BCUT2D eigenvalue weighted by Crippen LogP contribution is 2.30. The lowest BCUT2D eigenvalue weighted by atomic mass is 10.1. The first-order valence-corrected chi connectivity index (χ1v) is 10.7. The van der Waals surface area contributed by atoms with E-state index in [-0.39, 0.29) is 10.6 Å². The fourth-order valence-corrected chi connectivity index (χ4v) is 4.62. The number of hydrogen-bond donors (Lipinski definition) is 0. The van der Waals surface area contributed by atoms with E-state index in [9.17, 15) is 21.6 Å². The van der Waals surface area contributed by atoms with E-state index in [0.717, 1.165) is 17.7 Å². The van der Waals surface area contributed by atoms with Crippen LogP contribution in [0.3, 0.4) is 0 Å². The second kappa shape index (κ2) is 8.55. The summed E-state index contributed by atoms with van der Waals surface area (Å²) in [5.41, 5.74) is 2.12. The van der Waals surface area contributed by atoms with Gasteiger partial charge in [0.15, 0.2) is 0 Å². The second-order valence-electron chi connectivity index (χ2n) is 7.14. The van der Waals surface area contributed by atoms with Gasteiger partial charge >= 0.3 is 16.3 Å². The fraction of sp³-hybridized carbons (Fsp3) is 0.174. The lowest BCUT2D eigenvalue weighted by Gasteiger charge is -2.13. The average Bonchev–Trinajstić information content (AvgIpc) is 2.65. The number of hydrogen-bond acceptors (Lipinski definition) is 4. The van der Waals surface area contributed by atoms with Crippen LogP contribution in [0.2, 0.25) is 0 Å². The maximum Gasteiger partial charge on any atom is 0.416 e. The molecule has 0 heterocycles. The first-order chi connectivity index (χ1) is 14.5. The zero-order chi connectivity index (χ0) is 22.8. The third-order valence-corrected chi connectivity index (χ3v) is 6.03. The molecule has 0 fully saturated rings. The van der Waals surface area contributed by atoms with Crippen molar-refractivity contribution >= 4 is 22.0 Å². The van der Waals surface area contributed by atoms with Crippen LogP contribution in [0.25, 0.3) is 0 Å². The van der Waals surface area contributed by atoms with Crippen LogP contribution in [0.4, 0.5) is 18.9 Å². The first-order valence-electron chi connectivity index (χ1n) is 9.29. The van der Waals surface area contributed by atoms with Gasteiger partial charge in [0, 0.05) is 6.21 Å². The zero-order valence-corrected chi connectivity index (χ0v) is 17.9. The van der Waals surface area contributed by atoms with Crippen molar-refractivity contribution in [2.45, 2.75) is 31.8 Å². The molecule has 31 heavy (non-hydrogen) atoms. The van der Waals surface area contributed by atoms with E-state index < -0.39 is 21.9 Å². The Kier molecular flexibility index (Phi) is 6.22. The second-order valence-corrected chi connectivity index (χ2v) is 8.62. The Morgan fingerprint density at radius 2 is 1.52 bits per heavy atom. The van der Waals surface area contributed by atoms with E-state index in [4.69, 9.17) is 4.18 Å². The topological polar surface area (TPSA) is 55.7 Å².